The van der Waals surface area contributed by atoms with Gasteiger partial charge in [0.15, 0.2) is 0 Å². The third kappa shape index (κ3) is 1.72. The molecule has 4 aromatic carbocycles. The molecular formula is C18H15NS. The van der Waals surface area contributed by atoms with E-state index in [1.807, 2.05) is 0 Å². The molecule has 0 radical (unpaired) electrons. The van der Waals surface area contributed by atoms with Crippen molar-refractivity contribution in [2.24, 2.45) is 0 Å². The van der Waals surface area contributed by atoms with Gasteiger partial charge in [-0.1, -0.05) is 42.5 Å². The molecule has 0 heterocycles. The standard InChI is InChI=1S/C18H15NS/c20-9-8-19-16-10-14-6-4-12-2-1-3-13-5-7-15(11-16)18(14)17(12)13/h1-7,10-11,19-20H,8-9H2. The van der Waals surface area contributed by atoms with Crippen molar-refractivity contribution in [2.45, 2.75) is 0 Å². The molecule has 0 atom stereocenters. The zero-order chi connectivity index (χ0) is 13.5. The molecule has 0 spiro atoms. The molecular weight excluding hydrogens is 262 g/mol. The number of hydrogen-bond donors (Lipinski definition) is 2. The Bertz CT molecular complexity index is 834. The van der Waals surface area contributed by atoms with Crippen molar-refractivity contribution < 1.29 is 0 Å². The molecule has 1 N–H and O–H groups in total. The first-order valence-electron chi connectivity index (χ1n) is 6.89. The normalized spacial score (nSPS) is 11.7. The summed E-state index contributed by atoms with van der Waals surface area (Å²) < 4.78 is 0. The summed E-state index contributed by atoms with van der Waals surface area (Å²) in [5.41, 5.74) is 1.17. The molecule has 4 aromatic rings. The van der Waals surface area contributed by atoms with Gasteiger partial charge in [-0.2, -0.15) is 12.6 Å². The van der Waals surface area contributed by atoms with E-state index in [0.717, 1.165) is 12.3 Å². The number of anilines is 1. The van der Waals surface area contributed by atoms with Crippen molar-refractivity contribution in [2.75, 3.05) is 17.6 Å². The van der Waals surface area contributed by atoms with Crippen LogP contribution in [0.3, 0.4) is 0 Å². The Morgan fingerprint density at radius 3 is 1.90 bits per heavy atom. The number of nitrogens with one attached hydrogen (secondary N) is 1. The zero-order valence-corrected chi connectivity index (χ0v) is 12.0. The fourth-order valence-electron chi connectivity index (χ4n) is 3.06. The van der Waals surface area contributed by atoms with E-state index >= 15 is 0 Å². The van der Waals surface area contributed by atoms with Crippen LogP contribution in [0.5, 0.6) is 0 Å². The average molecular weight is 277 g/mol. The topological polar surface area (TPSA) is 12.0 Å². The molecule has 0 bridgehead atoms. The second-order valence-electron chi connectivity index (χ2n) is 5.16. The summed E-state index contributed by atoms with van der Waals surface area (Å²) in [6.45, 7) is 0.886. The van der Waals surface area contributed by atoms with E-state index in [1.54, 1.807) is 0 Å². The van der Waals surface area contributed by atoms with Crippen LogP contribution in [0.2, 0.25) is 0 Å². The van der Waals surface area contributed by atoms with E-state index in [9.17, 15) is 0 Å². The van der Waals surface area contributed by atoms with Gasteiger partial charge in [-0.05, 0) is 44.5 Å². The SMILES string of the molecule is SCCNc1cc2ccc3cccc4ccc(c1)c2c34. The van der Waals surface area contributed by atoms with Gasteiger partial charge in [0.25, 0.3) is 0 Å². The van der Waals surface area contributed by atoms with Gasteiger partial charge in [-0.25, -0.2) is 0 Å². The third-order valence-electron chi connectivity index (χ3n) is 3.90. The maximum Gasteiger partial charge on any atom is 0.0352 e. The van der Waals surface area contributed by atoms with Crippen LogP contribution < -0.4 is 5.32 Å². The summed E-state index contributed by atoms with van der Waals surface area (Å²) in [4.78, 5) is 0. The molecule has 20 heavy (non-hydrogen) atoms. The van der Waals surface area contributed by atoms with Gasteiger partial charge in [-0.15, -0.1) is 0 Å². The number of hydrogen-bond acceptors (Lipinski definition) is 2. The summed E-state index contributed by atoms with van der Waals surface area (Å²) in [6.07, 6.45) is 0. The van der Waals surface area contributed by atoms with E-state index in [1.165, 1.54) is 38.0 Å². The predicted octanol–water partition coefficient (Wildman–Crippen LogP) is 4.93. The second kappa shape index (κ2) is 4.57. The minimum absolute atomic E-state index is 0.838. The molecule has 0 aromatic heterocycles. The Labute approximate surface area is 123 Å². The van der Waals surface area contributed by atoms with Crippen LogP contribution in [0.1, 0.15) is 0 Å². The van der Waals surface area contributed by atoms with Crippen molar-refractivity contribution in [3.8, 4) is 0 Å². The first kappa shape index (κ1) is 11.9. The van der Waals surface area contributed by atoms with E-state index in [2.05, 4.69) is 72.5 Å². The van der Waals surface area contributed by atoms with Crippen LogP contribution in [-0.2, 0) is 0 Å². The van der Waals surface area contributed by atoms with Gasteiger partial charge in [0.2, 0.25) is 0 Å². The summed E-state index contributed by atoms with van der Waals surface area (Å²) in [7, 11) is 0. The highest BCUT2D eigenvalue weighted by Crippen LogP contribution is 2.35. The Kier molecular flexibility index (Phi) is 2.71. The molecule has 2 heteroatoms. The minimum Gasteiger partial charge on any atom is -0.384 e. The first-order chi connectivity index (χ1) is 9.86. The Morgan fingerprint density at radius 1 is 0.750 bits per heavy atom. The Balaban J connectivity index is 2.08. The van der Waals surface area contributed by atoms with Gasteiger partial charge in [0.05, 0.1) is 0 Å². The molecule has 1 nitrogen and oxygen atoms in total. The highest BCUT2D eigenvalue weighted by atomic mass is 32.1. The molecule has 0 aliphatic rings. The van der Waals surface area contributed by atoms with E-state index in [4.69, 9.17) is 0 Å². The van der Waals surface area contributed by atoms with Crippen LogP contribution in [0.4, 0.5) is 5.69 Å². The molecule has 4 rings (SSSR count). The van der Waals surface area contributed by atoms with Crippen LogP contribution in [0.25, 0.3) is 32.3 Å². The van der Waals surface area contributed by atoms with Crippen LogP contribution >= 0.6 is 12.6 Å². The van der Waals surface area contributed by atoms with Crippen molar-refractivity contribution in [3.05, 3.63) is 54.6 Å². The highest BCUT2D eigenvalue weighted by Gasteiger charge is 2.08. The van der Waals surface area contributed by atoms with Gasteiger partial charge in [0, 0.05) is 18.0 Å². The van der Waals surface area contributed by atoms with Gasteiger partial charge in [0.1, 0.15) is 0 Å². The fraction of sp³-hybridized carbons (Fsp3) is 0.111. The average Bonchev–Trinajstić information content (AvgIpc) is 2.50. The lowest BCUT2D eigenvalue weighted by Crippen LogP contribution is -2.02. The molecule has 0 fully saturated rings. The minimum atomic E-state index is 0.838. The summed E-state index contributed by atoms with van der Waals surface area (Å²) >= 11 is 4.25. The van der Waals surface area contributed by atoms with Crippen LogP contribution in [0, 0.1) is 0 Å². The lowest BCUT2D eigenvalue weighted by Gasteiger charge is -2.13. The highest BCUT2D eigenvalue weighted by molar-refractivity contribution is 7.80. The maximum atomic E-state index is 4.25. The van der Waals surface area contributed by atoms with Crippen molar-refractivity contribution >= 4 is 50.6 Å². The largest absolute Gasteiger partial charge is 0.384 e. The molecule has 0 saturated heterocycles. The molecule has 0 aliphatic heterocycles. The number of rotatable bonds is 3. The summed E-state index contributed by atoms with van der Waals surface area (Å²) in [5, 5.41) is 11.4. The zero-order valence-electron chi connectivity index (χ0n) is 11.1. The van der Waals surface area contributed by atoms with Gasteiger partial charge >= 0.3 is 0 Å². The van der Waals surface area contributed by atoms with Crippen molar-refractivity contribution in [3.63, 3.8) is 0 Å². The van der Waals surface area contributed by atoms with E-state index < -0.39 is 0 Å². The van der Waals surface area contributed by atoms with Crippen LogP contribution in [-0.4, -0.2) is 12.3 Å². The third-order valence-corrected chi connectivity index (χ3v) is 4.13. The van der Waals surface area contributed by atoms with Gasteiger partial charge < -0.3 is 5.32 Å². The fourth-order valence-corrected chi connectivity index (χ4v) is 3.17. The van der Waals surface area contributed by atoms with Crippen LogP contribution in [0.15, 0.2) is 54.6 Å². The monoisotopic (exact) mass is 277 g/mol. The smallest absolute Gasteiger partial charge is 0.0352 e. The molecule has 98 valence electrons. The quantitative estimate of drug-likeness (QED) is 0.400. The lowest BCUT2D eigenvalue weighted by atomic mass is 9.94. The molecule has 0 amide bonds. The Morgan fingerprint density at radius 2 is 1.30 bits per heavy atom. The van der Waals surface area contributed by atoms with Crippen molar-refractivity contribution in [1.82, 2.24) is 0 Å². The predicted molar refractivity (Wildman–Crippen MR) is 92.5 cm³/mol. The maximum absolute atomic E-state index is 4.25. The summed E-state index contributed by atoms with van der Waals surface area (Å²) in [6, 6.07) is 19.8. The lowest BCUT2D eigenvalue weighted by molar-refractivity contribution is 1.24. The van der Waals surface area contributed by atoms with E-state index in [-0.39, 0.29) is 0 Å². The van der Waals surface area contributed by atoms with E-state index in [0.29, 0.717) is 0 Å². The number of thiol groups is 1. The molecule has 0 unspecified atom stereocenters. The van der Waals surface area contributed by atoms with Crippen molar-refractivity contribution in [1.29, 1.82) is 0 Å². The summed E-state index contributed by atoms with van der Waals surface area (Å²) in [5.74, 6) is 0.838. The number of benzene rings is 4. The molecule has 0 saturated carbocycles. The second-order valence-corrected chi connectivity index (χ2v) is 5.61. The van der Waals surface area contributed by atoms with Gasteiger partial charge in [-0.3, -0.25) is 0 Å². The first-order valence-corrected chi connectivity index (χ1v) is 7.52. The Hall–Kier alpha value is -1.93. The molecule has 0 aliphatic carbocycles.